The van der Waals surface area contributed by atoms with Crippen LogP contribution in [0.2, 0.25) is 0 Å². The Morgan fingerprint density at radius 3 is 2.79 bits per heavy atom. The lowest BCUT2D eigenvalue weighted by Gasteiger charge is -2.22. The van der Waals surface area contributed by atoms with E-state index in [0.29, 0.717) is 18.3 Å². The van der Waals surface area contributed by atoms with Gasteiger partial charge < -0.3 is 15.0 Å². The highest BCUT2D eigenvalue weighted by molar-refractivity contribution is 5.59. The van der Waals surface area contributed by atoms with Crippen molar-refractivity contribution in [3.8, 4) is 5.75 Å². The normalized spacial score (nSPS) is 19.8. The summed E-state index contributed by atoms with van der Waals surface area (Å²) in [5, 5.41) is 3.31. The number of alkyl halides is 3. The van der Waals surface area contributed by atoms with Gasteiger partial charge in [0, 0.05) is 19.1 Å². The number of halogens is 3. The molecule has 1 fully saturated rings. The fraction of sp³-hybridized carbons (Fsp3) is 0.538. The lowest BCUT2D eigenvalue weighted by atomic mass is 10.2. The number of likely N-dealkylation sites (N-methyl/N-ethyl adjacent to an activating group) is 1. The lowest BCUT2D eigenvalue weighted by molar-refractivity contribution is -0.274. The maximum atomic E-state index is 12.4. The van der Waals surface area contributed by atoms with Crippen molar-refractivity contribution in [2.24, 2.45) is 0 Å². The first-order valence-corrected chi connectivity index (χ1v) is 6.32. The third-order valence-electron chi connectivity index (χ3n) is 3.11. The Morgan fingerprint density at radius 2 is 2.11 bits per heavy atom. The minimum atomic E-state index is -4.66. The highest BCUT2D eigenvalue weighted by Gasteiger charge is 2.33. The quantitative estimate of drug-likeness (QED) is 0.913. The number of benzene rings is 1. The van der Waals surface area contributed by atoms with Gasteiger partial charge in [0.15, 0.2) is 5.75 Å². The van der Waals surface area contributed by atoms with Crippen LogP contribution in [0.1, 0.15) is 13.3 Å². The Balaban J connectivity index is 2.12. The third kappa shape index (κ3) is 3.76. The third-order valence-corrected chi connectivity index (χ3v) is 3.11. The van der Waals surface area contributed by atoms with Crippen molar-refractivity contribution in [1.29, 1.82) is 0 Å². The minimum absolute atomic E-state index is 0.132. The van der Waals surface area contributed by atoms with Gasteiger partial charge in [0.05, 0.1) is 5.69 Å². The summed E-state index contributed by atoms with van der Waals surface area (Å²) >= 11 is 0. The van der Waals surface area contributed by atoms with Crippen molar-refractivity contribution in [1.82, 2.24) is 5.32 Å². The first-order valence-electron chi connectivity index (χ1n) is 6.32. The molecule has 1 aromatic carbocycles. The fourth-order valence-corrected chi connectivity index (χ4v) is 2.36. The second-order valence-electron chi connectivity index (χ2n) is 4.50. The standard InChI is InChI=1S/C13H17F3N2O/c1-2-17-10-7-8-18(9-10)11-5-3-4-6-12(11)19-13(14,15)16/h3-6,10,17H,2,7-9H2,1H3. The van der Waals surface area contributed by atoms with Crippen LogP contribution in [-0.4, -0.2) is 32.0 Å². The van der Waals surface area contributed by atoms with E-state index in [9.17, 15) is 13.2 Å². The Kier molecular flexibility index (Phi) is 4.19. The molecule has 0 bridgehead atoms. The first kappa shape index (κ1) is 14.0. The first-order chi connectivity index (χ1) is 8.99. The molecule has 1 N–H and O–H groups in total. The van der Waals surface area contributed by atoms with Crippen molar-refractivity contribution >= 4 is 5.69 Å². The number of nitrogens with one attached hydrogen (secondary N) is 1. The van der Waals surface area contributed by atoms with E-state index in [1.54, 1.807) is 18.2 Å². The van der Waals surface area contributed by atoms with Crippen LogP contribution in [0.25, 0.3) is 0 Å². The van der Waals surface area contributed by atoms with Crippen molar-refractivity contribution < 1.29 is 17.9 Å². The SMILES string of the molecule is CCNC1CCN(c2ccccc2OC(F)(F)F)C1. The van der Waals surface area contributed by atoms with Gasteiger partial charge in [0.25, 0.3) is 0 Å². The summed E-state index contributed by atoms with van der Waals surface area (Å²) in [5.74, 6) is -0.132. The molecule has 1 heterocycles. The molecule has 0 aliphatic carbocycles. The molecule has 3 nitrogen and oxygen atoms in total. The van der Waals surface area contributed by atoms with E-state index < -0.39 is 6.36 Å². The maximum absolute atomic E-state index is 12.4. The summed E-state index contributed by atoms with van der Waals surface area (Å²) in [5.41, 5.74) is 0.500. The molecule has 1 unspecified atom stereocenters. The molecule has 0 saturated carbocycles. The largest absolute Gasteiger partial charge is 0.573 e. The van der Waals surface area contributed by atoms with E-state index in [4.69, 9.17) is 0 Å². The molecule has 19 heavy (non-hydrogen) atoms. The van der Waals surface area contributed by atoms with E-state index in [2.05, 4.69) is 10.1 Å². The van der Waals surface area contributed by atoms with Gasteiger partial charge in [-0.1, -0.05) is 19.1 Å². The van der Waals surface area contributed by atoms with Crippen molar-refractivity contribution in [2.75, 3.05) is 24.5 Å². The summed E-state index contributed by atoms with van der Waals surface area (Å²) in [6.45, 7) is 4.31. The number of hydrogen-bond donors (Lipinski definition) is 1. The van der Waals surface area contributed by atoms with E-state index in [0.717, 1.165) is 19.5 Å². The molecule has 106 valence electrons. The Morgan fingerprint density at radius 1 is 1.37 bits per heavy atom. The van der Waals surface area contributed by atoms with Crippen LogP contribution < -0.4 is 15.0 Å². The zero-order valence-electron chi connectivity index (χ0n) is 10.7. The number of rotatable bonds is 4. The predicted molar refractivity (Wildman–Crippen MR) is 67.4 cm³/mol. The Bertz CT molecular complexity index is 423. The van der Waals surface area contributed by atoms with Gasteiger partial charge in [-0.2, -0.15) is 0 Å². The van der Waals surface area contributed by atoms with Crippen LogP contribution in [-0.2, 0) is 0 Å². The molecule has 0 amide bonds. The van der Waals surface area contributed by atoms with Gasteiger partial charge in [-0.25, -0.2) is 0 Å². The van der Waals surface area contributed by atoms with E-state index in [1.807, 2.05) is 11.8 Å². The highest BCUT2D eigenvalue weighted by atomic mass is 19.4. The van der Waals surface area contributed by atoms with Crippen LogP contribution in [0.3, 0.4) is 0 Å². The molecule has 2 rings (SSSR count). The van der Waals surface area contributed by atoms with Gasteiger partial charge >= 0.3 is 6.36 Å². The average Bonchev–Trinajstić information content (AvgIpc) is 2.76. The van der Waals surface area contributed by atoms with Crippen molar-refractivity contribution in [3.05, 3.63) is 24.3 Å². The van der Waals surface area contributed by atoms with E-state index in [1.165, 1.54) is 6.07 Å². The van der Waals surface area contributed by atoms with E-state index in [-0.39, 0.29) is 5.75 Å². The van der Waals surface area contributed by atoms with Crippen molar-refractivity contribution in [2.45, 2.75) is 25.7 Å². The maximum Gasteiger partial charge on any atom is 0.573 e. The molecule has 0 spiro atoms. The lowest BCUT2D eigenvalue weighted by Crippen LogP contribution is -2.32. The summed E-state index contributed by atoms with van der Waals surface area (Å²) in [7, 11) is 0. The van der Waals surface area contributed by atoms with Crippen LogP contribution in [0, 0.1) is 0 Å². The van der Waals surface area contributed by atoms with Crippen LogP contribution in [0.15, 0.2) is 24.3 Å². The van der Waals surface area contributed by atoms with Crippen LogP contribution in [0.5, 0.6) is 5.75 Å². The number of anilines is 1. The second-order valence-corrected chi connectivity index (χ2v) is 4.50. The van der Waals surface area contributed by atoms with Gasteiger partial charge in [-0.3, -0.25) is 0 Å². The van der Waals surface area contributed by atoms with Gasteiger partial charge in [-0.05, 0) is 25.1 Å². The molecule has 1 saturated heterocycles. The summed E-state index contributed by atoms with van der Waals surface area (Å²) < 4.78 is 41.1. The zero-order valence-corrected chi connectivity index (χ0v) is 10.7. The monoisotopic (exact) mass is 274 g/mol. The zero-order chi connectivity index (χ0) is 13.9. The fourth-order valence-electron chi connectivity index (χ4n) is 2.36. The molecule has 6 heteroatoms. The summed E-state index contributed by atoms with van der Waals surface area (Å²) in [6.07, 6.45) is -3.73. The van der Waals surface area contributed by atoms with Crippen molar-refractivity contribution in [3.63, 3.8) is 0 Å². The van der Waals surface area contributed by atoms with E-state index >= 15 is 0 Å². The van der Waals surface area contributed by atoms with Crippen LogP contribution >= 0.6 is 0 Å². The molecule has 0 aromatic heterocycles. The smallest absolute Gasteiger partial charge is 0.404 e. The summed E-state index contributed by atoms with van der Waals surface area (Å²) in [4.78, 5) is 1.92. The predicted octanol–water partition coefficient (Wildman–Crippen LogP) is 2.77. The molecular weight excluding hydrogens is 257 g/mol. The molecular formula is C13H17F3N2O. The Hall–Kier alpha value is -1.43. The minimum Gasteiger partial charge on any atom is -0.404 e. The molecule has 1 aliphatic heterocycles. The molecule has 0 radical (unpaired) electrons. The van der Waals surface area contributed by atoms with Gasteiger partial charge in [0.2, 0.25) is 0 Å². The van der Waals surface area contributed by atoms with Gasteiger partial charge in [0.1, 0.15) is 0 Å². The topological polar surface area (TPSA) is 24.5 Å². The Labute approximate surface area is 110 Å². The number of nitrogens with zero attached hydrogens (tertiary/aromatic N) is 1. The number of para-hydroxylation sites is 2. The highest BCUT2D eigenvalue weighted by Crippen LogP contribution is 2.34. The molecule has 1 aliphatic rings. The number of ether oxygens (including phenoxy) is 1. The van der Waals surface area contributed by atoms with Gasteiger partial charge in [-0.15, -0.1) is 13.2 Å². The number of hydrogen-bond acceptors (Lipinski definition) is 3. The summed E-state index contributed by atoms with van der Waals surface area (Å²) in [6, 6.07) is 6.60. The second kappa shape index (κ2) is 5.69. The van der Waals surface area contributed by atoms with Crippen LogP contribution in [0.4, 0.5) is 18.9 Å². The molecule has 1 atom stereocenters. The average molecular weight is 274 g/mol. The molecule has 1 aromatic rings.